The number of ether oxygens (including phenoxy) is 1. The molecule has 3 nitrogen and oxygen atoms in total. The van der Waals surface area contributed by atoms with Crippen molar-refractivity contribution >= 4 is 11.8 Å². The Kier molecular flexibility index (Phi) is 4.45. The molecule has 0 aliphatic carbocycles. The van der Waals surface area contributed by atoms with E-state index in [1.807, 2.05) is 0 Å². The van der Waals surface area contributed by atoms with Gasteiger partial charge in [-0.1, -0.05) is 24.3 Å². The summed E-state index contributed by atoms with van der Waals surface area (Å²) in [7, 11) is 0. The molecule has 0 heterocycles. The van der Waals surface area contributed by atoms with Crippen LogP contribution in [0.1, 0.15) is 34.6 Å². The predicted octanol–water partition coefficient (Wildman–Crippen LogP) is 2.62. The van der Waals surface area contributed by atoms with Gasteiger partial charge in [-0.05, 0) is 26.0 Å². The van der Waals surface area contributed by atoms with E-state index >= 15 is 0 Å². The summed E-state index contributed by atoms with van der Waals surface area (Å²) in [6.45, 7) is 3.78. The molecule has 0 bridgehead atoms. The lowest BCUT2D eigenvalue weighted by atomic mass is 10.0. The summed E-state index contributed by atoms with van der Waals surface area (Å²) < 4.78 is 4.88. The van der Waals surface area contributed by atoms with Crippen molar-refractivity contribution in [1.82, 2.24) is 0 Å². The van der Waals surface area contributed by atoms with Crippen LogP contribution in [0.3, 0.4) is 0 Å². The average Bonchev–Trinajstić information content (AvgIpc) is 2.30. The molecule has 0 N–H and O–H groups in total. The lowest BCUT2D eigenvalue weighted by Gasteiger charge is -2.05. The van der Waals surface area contributed by atoms with Crippen LogP contribution in [0.5, 0.6) is 0 Å². The van der Waals surface area contributed by atoms with Crippen LogP contribution in [-0.4, -0.2) is 18.4 Å². The van der Waals surface area contributed by atoms with Crippen LogP contribution < -0.4 is 0 Å². The third kappa shape index (κ3) is 2.79. The van der Waals surface area contributed by atoms with Crippen molar-refractivity contribution in [2.24, 2.45) is 0 Å². The van der Waals surface area contributed by atoms with Crippen LogP contribution in [0, 0.1) is 0 Å². The minimum Gasteiger partial charge on any atom is -0.462 e. The fourth-order valence-electron chi connectivity index (χ4n) is 1.33. The molecular formula is C13H14O3. The molecule has 0 atom stereocenters. The second-order valence-electron chi connectivity index (χ2n) is 3.13. The summed E-state index contributed by atoms with van der Waals surface area (Å²) in [5.74, 6) is -0.651. The van der Waals surface area contributed by atoms with Gasteiger partial charge in [-0.2, -0.15) is 0 Å². The van der Waals surface area contributed by atoms with Gasteiger partial charge in [0.2, 0.25) is 0 Å². The minimum absolute atomic E-state index is 0.189. The molecule has 84 valence electrons. The first-order chi connectivity index (χ1) is 7.70. The summed E-state index contributed by atoms with van der Waals surface area (Å²) in [4.78, 5) is 23.3. The largest absolute Gasteiger partial charge is 0.462 e. The molecule has 1 aromatic carbocycles. The molecular weight excluding hydrogens is 204 g/mol. The summed E-state index contributed by atoms with van der Waals surface area (Å²) in [6.07, 6.45) is 3.07. The van der Waals surface area contributed by atoms with Crippen LogP contribution in [0.15, 0.2) is 36.4 Å². The number of ketones is 1. The van der Waals surface area contributed by atoms with Crippen LogP contribution in [0.25, 0.3) is 0 Å². The maximum Gasteiger partial charge on any atom is 0.338 e. The normalized spacial score (nSPS) is 10.4. The van der Waals surface area contributed by atoms with Gasteiger partial charge in [0, 0.05) is 5.56 Å². The van der Waals surface area contributed by atoms with Crippen molar-refractivity contribution in [3.05, 3.63) is 47.5 Å². The fraction of sp³-hybridized carbons (Fsp3) is 0.231. The zero-order valence-electron chi connectivity index (χ0n) is 9.40. The van der Waals surface area contributed by atoms with E-state index in [9.17, 15) is 9.59 Å². The van der Waals surface area contributed by atoms with E-state index in [1.54, 1.807) is 44.2 Å². The zero-order chi connectivity index (χ0) is 12.0. The van der Waals surface area contributed by atoms with Gasteiger partial charge in [-0.3, -0.25) is 4.79 Å². The predicted molar refractivity (Wildman–Crippen MR) is 61.5 cm³/mol. The Bertz CT molecular complexity index is 419. The highest BCUT2D eigenvalue weighted by molar-refractivity contribution is 6.11. The van der Waals surface area contributed by atoms with E-state index in [0.29, 0.717) is 17.7 Å². The lowest BCUT2D eigenvalue weighted by Crippen LogP contribution is -2.10. The standard InChI is InChI=1S/C13H14O3/c1-3-7-12(14)10-8-5-6-9-11(10)13(15)16-4-2/h3,5-9H,4H2,1-2H3/b7-3+. The molecule has 1 rings (SSSR count). The first kappa shape index (κ1) is 12.2. The maximum atomic E-state index is 11.7. The highest BCUT2D eigenvalue weighted by atomic mass is 16.5. The Labute approximate surface area is 94.7 Å². The van der Waals surface area contributed by atoms with Crippen molar-refractivity contribution in [1.29, 1.82) is 0 Å². The molecule has 0 fully saturated rings. The van der Waals surface area contributed by atoms with E-state index in [0.717, 1.165) is 0 Å². The Morgan fingerprint density at radius 2 is 1.88 bits per heavy atom. The molecule has 0 aliphatic rings. The molecule has 0 spiro atoms. The van der Waals surface area contributed by atoms with E-state index in [2.05, 4.69) is 0 Å². The number of esters is 1. The number of carbonyl (C=O) groups excluding carboxylic acids is 2. The number of benzene rings is 1. The second kappa shape index (κ2) is 5.85. The lowest BCUT2D eigenvalue weighted by molar-refractivity contribution is 0.0523. The average molecular weight is 218 g/mol. The summed E-state index contributed by atoms with van der Waals surface area (Å²) in [5.41, 5.74) is 0.687. The highest BCUT2D eigenvalue weighted by Gasteiger charge is 2.15. The van der Waals surface area contributed by atoms with E-state index in [4.69, 9.17) is 4.74 Å². The zero-order valence-corrected chi connectivity index (χ0v) is 9.40. The van der Waals surface area contributed by atoms with Crippen molar-refractivity contribution in [3.63, 3.8) is 0 Å². The van der Waals surface area contributed by atoms with Crippen molar-refractivity contribution in [2.75, 3.05) is 6.61 Å². The van der Waals surface area contributed by atoms with Gasteiger partial charge in [0.05, 0.1) is 12.2 Å². The molecule has 16 heavy (non-hydrogen) atoms. The third-order valence-electron chi connectivity index (χ3n) is 2.01. The Balaban J connectivity index is 3.09. The second-order valence-corrected chi connectivity index (χ2v) is 3.13. The van der Waals surface area contributed by atoms with E-state index in [-0.39, 0.29) is 5.78 Å². The number of hydrogen-bond donors (Lipinski definition) is 0. The van der Waals surface area contributed by atoms with E-state index in [1.165, 1.54) is 6.08 Å². The molecule has 3 heteroatoms. The number of allylic oxidation sites excluding steroid dienone is 2. The van der Waals surface area contributed by atoms with Crippen molar-refractivity contribution in [3.8, 4) is 0 Å². The Hall–Kier alpha value is -1.90. The van der Waals surface area contributed by atoms with Crippen LogP contribution in [0.4, 0.5) is 0 Å². The minimum atomic E-state index is -0.462. The fourth-order valence-corrected chi connectivity index (χ4v) is 1.33. The summed E-state index contributed by atoms with van der Waals surface area (Å²) in [5, 5.41) is 0. The molecule has 1 aromatic rings. The van der Waals surface area contributed by atoms with Crippen molar-refractivity contribution < 1.29 is 14.3 Å². The van der Waals surface area contributed by atoms with Gasteiger partial charge < -0.3 is 4.74 Å². The first-order valence-electron chi connectivity index (χ1n) is 5.13. The SMILES string of the molecule is C/C=C/C(=O)c1ccccc1C(=O)OCC. The van der Waals surface area contributed by atoms with Crippen LogP contribution in [0.2, 0.25) is 0 Å². The van der Waals surface area contributed by atoms with Gasteiger partial charge in [-0.25, -0.2) is 4.79 Å². The Morgan fingerprint density at radius 3 is 2.44 bits per heavy atom. The molecule has 0 saturated carbocycles. The van der Waals surface area contributed by atoms with Crippen molar-refractivity contribution in [2.45, 2.75) is 13.8 Å². The number of rotatable bonds is 4. The summed E-state index contributed by atoms with van der Waals surface area (Å²) in [6, 6.07) is 6.64. The van der Waals surface area contributed by atoms with Gasteiger partial charge in [0.25, 0.3) is 0 Å². The smallest absolute Gasteiger partial charge is 0.338 e. The van der Waals surface area contributed by atoms with Gasteiger partial charge >= 0.3 is 5.97 Å². The van der Waals surface area contributed by atoms with E-state index < -0.39 is 5.97 Å². The molecule has 0 unspecified atom stereocenters. The number of carbonyl (C=O) groups is 2. The molecule has 0 aliphatic heterocycles. The third-order valence-corrected chi connectivity index (χ3v) is 2.01. The molecule has 0 aromatic heterocycles. The Morgan fingerprint density at radius 1 is 1.25 bits per heavy atom. The molecule has 0 amide bonds. The molecule has 0 saturated heterocycles. The van der Waals surface area contributed by atoms with Gasteiger partial charge in [0.1, 0.15) is 0 Å². The van der Waals surface area contributed by atoms with Gasteiger partial charge in [0.15, 0.2) is 5.78 Å². The first-order valence-corrected chi connectivity index (χ1v) is 5.13. The monoisotopic (exact) mass is 218 g/mol. The number of hydrogen-bond acceptors (Lipinski definition) is 3. The quantitative estimate of drug-likeness (QED) is 0.443. The van der Waals surface area contributed by atoms with Crippen LogP contribution in [-0.2, 0) is 4.74 Å². The van der Waals surface area contributed by atoms with Gasteiger partial charge in [-0.15, -0.1) is 0 Å². The molecule has 0 radical (unpaired) electrons. The highest BCUT2D eigenvalue weighted by Crippen LogP contribution is 2.11. The van der Waals surface area contributed by atoms with Crippen LogP contribution >= 0.6 is 0 Å². The topological polar surface area (TPSA) is 43.4 Å². The maximum absolute atomic E-state index is 11.7. The summed E-state index contributed by atoms with van der Waals surface area (Å²) >= 11 is 0.